The molecule has 0 aromatic heterocycles. The van der Waals surface area contributed by atoms with Crippen molar-refractivity contribution in [2.45, 2.75) is 31.7 Å². The molecule has 5 heteroatoms. The quantitative estimate of drug-likeness (QED) is 0.873. The van der Waals surface area contributed by atoms with E-state index in [4.69, 9.17) is 16.3 Å². The van der Waals surface area contributed by atoms with Crippen molar-refractivity contribution in [3.63, 3.8) is 0 Å². The van der Waals surface area contributed by atoms with Crippen LogP contribution in [0.25, 0.3) is 0 Å². The van der Waals surface area contributed by atoms with Gasteiger partial charge in [0.1, 0.15) is 0 Å². The number of amides is 1. The summed E-state index contributed by atoms with van der Waals surface area (Å²) in [5.41, 5.74) is 0.601. The molecule has 0 heterocycles. The monoisotopic (exact) mass is 295 g/mol. The molecule has 1 aromatic rings. The van der Waals surface area contributed by atoms with E-state index in [-0.39, 0.29) is 23.8 Å². The van der Waals surface area contributed by atoms with Crippen LogP contribution < -0.4 is 5.32 Å². The van der Waals surface area contributed by atoms with Crippen LogP contribution in [0.15, 0.2) is 24.3 Å². The van der Waals surface area contributed by atoms with Gasteiger partial charge in [-0.3, -0.25) is 9.59 Å². The highest BCUT2D eigenvalue weighted by atomic mass is 35.5. The first-order valence-corrected chi connectivity index (χ1v) is 7.12. The van der Waals surface area contributed by atoms with Gasteiger partial charge >= 0.3 is 5.97 Å². The number of methoxy groups -OCH3 is 1. The van der Waals surface area contributed by atoms with Crippen molar-refractivity contribution in [3.05, 3.63) is 34.9 Å². The van der Waals surface area contributed by atoms with E-state index < -0.39 is 0 Å². The number of esters is 1. The summed E-state index contributed by atoms with van der Waals surface area (Å²) in [7, 11) is 1.41. The number of nitrogens with one attached hydrogen (secondary N) is 1. The van der Waals surface area contributed by atoms with Crippen LogP contribution in [-0.2, 0) is 9.53 Å². The number of rotatable bonds is 3. The molecule has 0 atom stereocenters. The second kappa shape index (κ2) is 6.75. The second-order valence-corrected chi connectivity index (χ2v) is 5.49. The summed E-state index contributed by atoms with van der Waals surface area (Å²) in [6, 6.07) is 6.93. The predicted molar refractivity (Wildman–Crippen MR) is 76.7 cm³/mol. The highest BCUT2D eigenvalue weighted by molar-refractivity contribution is 6.30. The molecule has 1 saturated carbocycles. The fourth-order valence-electron chi connectivity index (χ4n) is 2.51. The highest BCUT2D eigenvalue weighted by Gasteiger charge is 2.27. The lowest BCUT2D eigenvalue weighted by Gasteiger charge is -2.27. The molecule has 0 aliphatic heterocycles. The minimum absolute atomic E-state index is 0.0244. The third kappa shape index (κ3) is 3.73. The average Bonchev–Trinajstić information content (AvgIpc) is 2.48. The lowest BCUT2D eigenvalue weighted by molar-refractivity contribution is -0.146. The van der Waals surface area contributed by atoms with Crippen LogP contribution in [-0.4, -0.2) is 25.0 Å². The third-order valence-corrected chi connectivity index (χ3v) is 3.96. The van der Waals surface area contributed by atoms with E-state index in [0.29, 0.717) is 10.6 Å². The molecule has 0 saturated heterocycles. The highest BCUT2D eigenvalue weighted by Crippen LogP contribution is 2.25. The molecule has 0 bridgehead atoms. The fourth-order valence-corrected chi connectivity index (χ4v) is 2.64. The van der Waals surface area contributed by atoms with E-state index in [1.54, 1.807) is 24.3 Å². The topological polar surface area (TPSA) is 55.4 Å². The number of ether oxygens (including phenoxy) is 1. The molecule has 1 fully saturated rings. The molecule has 1 aliphatic rings. The van der Waals surface area contributed by atoms with E-state index in [0.717, 1.165) is 25.7 Å². The maximum atomic E-state index is 12.0. The molecule has 108 valence electrons. The van der Waals surface area contributed by atoms with Gasteiger partial charge in [0.25, 0.3) is 5.91 Å². The Morgan fingerprint density at radius 2 is 1.75 bits per heavy atom. The van der Waals surface area contributed by atoms with Gasteiger partial charge in [0.15, 0.2) is 0 Å². The second-order valence-electron chi connectivity index (χ2n) is 5.05. The van der Waals surface area contributed by atoms with Gasteiger partial charge in [0.2, 0.25) is 0 Å². The Bertz CT molecular complexity index is 478. The van der Waals surface area contributed by atoms with Crippen LogP contribution in [0.4, 0.5) is 0 Å². The largest absolute Gasteiger partial charge is 0.469 e. The van der Waals surface area contributed by atoms with Crippen molar-refractivity contribution in [2.24, 2.45) is 5.92 Å². The van der Waals surface area contributed by atoms with Gasteiger partial charge in [0.05, 0.1) is 13.0 Å². The molecule has 0 unspecified atom stereocenters. The van der Waals surface area contributed by atoms with Crippen molar-refractivity contribution in [1.29, 1.82) is 0 Å². The summed E-state index contributed by atoms with van der Waals surface area (Å²) in [6.07, 6.45) is 3.13. The zero-order chi connectivity index (χ0) is 14.5. The number of carbonyl (C=O) groups excluding carboxylic acids is 2. The zero-order valence-electron chi connectivity index (χ0n) is 11.4. The van der Waals surface area contributed by atoms with Gasteiger partial charge in [-0.15, -0.1) is 0 Å². The lowest BCUT2D eigenvalue weighted by atomic mass is 9.86. The van der Waals surface area contributed by atoms with E-state index in [9.17, 15) is 9.59 Å². The summed E-state index contributed by atoms with van der Waals surface area (Å²) < 4.78 is 4.75. The molecular weight excluding hydrogens is 278 g/mol. The molecule has 20 heavy (non-hydrogen) atoms. The van der Waals surface area contributed by atoms with Crippen LogP contribution in [0.3, 0.4) is 0 Å². The number of halogens is 1. The maximum absolute atomic E-state index is 12.0. The lowest BCUT2D eigenvalue weighted by Crippen LogP contribution is -2.38. The Labute approximate surface area is 123 Å². The molecule has 0 radical (unpaired) electrons. The van der Waals surface area contributed by atoms with Crippen LogP contribution in [0.1, 0.15) is 36.0 Å². The Morgan fingerprint density at radius 3 is 2.30 bits per heavy atom. The smallest absolute Gasteiger partial charge is 0.308 e. The van der Waals surface area contributed by atoms with E-state index in [1.807, 2.05) is 0 Å². The number of carbonyl (C=O) groups is 2. The fraction of sp³-hybridized carbons (Fsp3) is 0.467. The zero-order valence-corrected chi connectivity index (χ0v) is 12.2. The molecule has 1 amide bonds. The van der Waals surface area contributed by atoms with Crippen molar-refractivity contribution >= 4 is 23.5 Å². The Balaban J connectivity index is 1.85. The average molecular weight is 296 g/mol. The number of hydrogen-bond donors (Lipinski definition) is 1. The van der Waals surface area contributed by atoms with Gasteiger partial charge in [-0.2, -0.15) is 0 Å². The SMILES string of the molecule is COC(=O)C1CCC(NC(=O)c2ccc(Cl)cc2)CC1. The van der Waals surface area contributed by atoms with Gasteiger partial charge in [0, 0.05) is 16.6 Å². The molecule has 1 aliphatic carbocycles. The van der Waals surface area contributed by atoms with Gasteiger partial charge < -0.3 is 10.1 Å². The van der Waals surface area contributed by atoms with Crippen LogP contribution in [0.5, 0.6) is 0 Å². The van der Waals surface area contributed by atoms with Gasteiger partial charge in [-0.25, -0.2) is 0 Å². The molecule has 4 nitrogen and oxygen atoms in total. The minimum atomic E-state index is -0.146. The van der Waals surface area contributed by atoms with Gasteiger partial charge in [-0.1, -0.05) is 11.6 Å². The molecule has 0 spiro atoms. The summed E-state index contributed by atoms with van der Waals surface area (Å²) in [4.78, 5) is 23.5. The standard InChI is InChI=1S/C15H18ClNO3/c1-20-15(19)11-4-8-13(9-5-11)17-14(18)10-2-6-12(16)7-3-10/h2-3,6-7,11,13H,4-5,8-9H2,1H3,(H,17,18). The first kappa shape index (κ1) is 14.9. The van der Waals surface area contributed by atoms with Gasteiger partial charge in [-0.05, 0) is 49.9 Å². The van der Waals surface area contributed by atoms with E-state index >= 15 is 0 Å². The van der Waals surface area contributed by atoms with Crippen molar-refractivity contribution in [2.75, 3.05) is 7.11 Å². The van der Waals surface area contributed by atoms with Crippen molar-refractivity contribution < 1.29 is 14.3 Å². The minimum Gasteiger partial charge on any atom is -0.469 e. The van der Waals surface area contributed by atoms with Crippen molar-refractivity contribution in [3.8, 4) is 0 Å². The Morgan fingerprint density at radius 1 is 1.15 bits per heavy atom. The first-order chi connectivity index (χ1) is 9.60. The predicted octanol–water partition coefficient (Wildman–Crippen LogP) is 2.80. The summed E-state index contributed by atoms with van der Waals surface area (Å²) >= 11 is 5.79. The van der Waals surface area contributed by atoms with Crippen LogP contribution in [0, 0.1) is 5.92 Å². The Hall–Kier alpha value is -1.55. The molecule has 1 aromatic carbocycles. The van der Waals surface area contributed by atoms with Crippen LogP contribution >= 0.6 is 11.6 Å². The molecule has 1 N–H and O–H groups in total. The number of hydrogen-bond acceptors (Lipinski definition) is 3. The maximum Gasteiger partial charge on any atom is 0.308 e. The third-order valence-electron chi connectivity index (χ3n) is 3.70. The summed E-state index contributed by atoms with van der Waals surface area (Å²) in [5, 5.41) is 3.61. The summed E-state index contributed by atoms with van der Waals surface area (Å²) in [6.45, 7) is 0. The normalized spacial score (nSPS) is 22.1. The summed E-state index contributed by atoms with van der Waals surface area (Å²) in [5.74, 6) is -0.264. The Kier molecular flexibility index (Phi) is 5.01. The number of benzene rings is 1. The first-order valence-electron chi connectivity index (χ1n) is 6.74. The van der Waals surface area contributed by atoms with Crippen molar-refractivity contribution in [1.82, 2.24) is 5.32 Å². The molecule has 2 rings (SSSR count). The van der Waals surface area contributed by atoms with E-state index in [1.165, 1.54) is 7.11 Å². The molecular formula is C15H18ClNO3. The van der Waals surface area contributed by atoms with E-state index in [2.05, 4.69) is 5.32 Å². The van der Waals surface area contributed by atoms with Crippen LogP contribution in [0.2, 0.25) is 5.02 Å².